The van der Waals surface area contributed by atoms with Crippen LogP contribution in [-0.4, -0.2) is 16.1 Å². The van der Waals surface area contributed by atoms with Crippen LogP contribution in [0, 0.1) is 0 Å². The second-order valence-electron chi connectivity index (χ2n) is 4.97. The van der Waals surface area contributed by atoms with Gasteiger partial charge in [0.2, 0.25) is 0 Å². The summed E-state index contributed by atoms with van der Waals surface area (Å²) in [6.45, 7) is 2.78. The van der Waals surface area contributed by atoms with Gasteiger partial charge in [0.1, 0.15) is 5.82 Å². The molecule has 1 heterocycles. The van der Waals surface area contributed by atoms with Crippen LogP contribution < -0.4 is 5.73 Å². The molecule has 0 amide bonds. The highest BCUT2D eigenvalue weighted by Gasteiger charge is 2.18. The number of imidazole rings is 1. The molecule has 1 unspecified atom stereocenters. The molecule has 3 aromatic rings. The number of hydrogen-bond donors (Lipinski definition) is 1. The number of para-hydroxylation sites is 3. The Balaban J connectivity index is 2.29. The zero-order valence-corrected chi connectivity index (χ0v) is 11.7. The minimum atomic E-state index is 0.280. The van der Waals surface area contributed by atoms with E-state index in [9.17, 15) is 0 Å². The Kier molecular flexibility index (Phi) is 3.52. The summed E-state index contributed by atoms with van der Waals surface area (Å²) in [5.41, 5.74) is 9.24. The highest BCUT2D eigenvalue weighted by molar-refractivity contribution is 5.78. The summed E-state index contributed by atoms with van der Waals surface area (Å²) < 4.78 is 2.23. The van der Waals surface area contributed by atoms with Crippen molar-refractivity contribution in [3.63, 3.8) is 0 Å². The highest BCUT2D eigenvalue weighted by atomic mass is 15.1. The molecule has 20 heavy (non-hydrogen) atoms. The minimum Gasteiger partial charge on any atom is -0.330 e. The number of hydrogen-bond acceptors (Lipinski definition) is 2. The maximum absolute atomic E-state index is 5.93. The third kappa shape index (κ3) is 2.10. The van der Waals surface area contributed by atoms with E-state index in [4.69, 9.17) is 10.7 Å². The maximum atomic E-state index is 5.93. The first kappa shape index (κ1) is 12.9. The predicted octanol–water partition coefficient (Wildman–Crippen LogP) is 3.48. The van der Waals surface area contributed by atoms with E-state index in [0.29, 0.717) is 6.54 Å². The first-order chi connectivity index (χ1) is 9.85. The van der Waals surface area contributed by atoms with Crippen LogP contribution in [0.1, 0.15) is 25.1 Å². The van der Waals surface area contributed by atoms with E-state index in [-0.39, 0.29) is 5.92 Å². The molecule has 3 rings (SSSR count). The molecule has 0 aliphatic heterocycles. The largest absolute Gasteiger partial charge is 0.330 e. The number of rotatable bonds is 4. The highest BCUT2D eigenvalue weighted by Crippen LogP contribution is 2.27. The molecule has 1 aromatic heterocycles. The van der Waals surface area contributed by atoms with Crippen molar-refractivity contribution in [1.82, 2.24) is 9.55 Å². The predicted molar refractivity (Wildman–Crippen MR) is 83.2 cm³/mol. The number of aromatic nitrogens is 2. The van der Waals surface area contributed by atoms with Gasteiger partial charge in [-0.05, 0) is 30.7 Å². The third-order valence-corrected chi connectivity index (χ3v) is 3.74. The van der Waals surface area contributed by atoms with Gasteiger partial charge in [0.05, 0.1) is 11.0 Å². The fourth-order valence-electron chi connectivity index (χ4n) is 2.62. The molecule has 0 aliphatic carbocycles. The molecule has 2 aromatic carbocycles. The van der Waals surface area contributed by atoms with Gasteiger partial charge in [0.25, 0.3) is 0 Å². The Morgan fingerprint density at radius 1 is 1.05 bits per heavy atom. The lowest BCUT2D eigenvalue weighted by Crippen LogP contribution is -2.16. The normalized spacial score (nSPS) is 12.7. The Morgan fingerprint density at radius 2 is 1.75 bits per heavy atom. The van der Waals surface area contributed by atoms with Crippen molar-refractivity contribution in [2.45, 2.75) is 19.3 Å². The van der Waals surface area contributed by atoms with E-state index in [1.54, 1.807) is 0 Å². The van der Waals surface area contributed by atoms with Gasteiger partial charge in [-0.15, -0.1) is 0 Å². The lowest BCUT2D eigenvalue weighted by molar-refractivity contribution is 0.624. The van der Waals surface area contributed by atoms with Crippen LogP contribution in [0.3, 0.4) is 0 Å². The van der Waals surface area contributed by atoms with Crippen molar-refractivity contribution >= 4 is 11.0 Å². The first-order valence-electron chi connectivity index (χ1n) is 7.08. The second kappa shape index (κ2) is 5.47. The van der Waals surface area contributed by atoms with Crippen molar-refractivity contribution in [2.24, 2.45) is 5.73 Å². The van der Waals surface area contributed by atoms with Crippen molar-refractivity contribution < 1.29 is 0 Å². The van der Waals surface area contributed by atoms with Crippen molar-refractivity contribution in [1.29, 1.82) is 0 Å². The fourth-order valence-corrected chi connectivity index (χ4v) is 2.62. The summed E-state index contributed by atoms with van der Waals surface area (Å²) in [5.74, 6) is 1.34. The van der Waals surface area contributed by atoms with E-state index < -0.39 is 0 Å². The van der Waals surface area contributed by atoms with Gasteiger partial charge in [-0.1, -0.05) is 37.3 Å². The zero-order chi connectivity index (χ0) is 13.9. The molecule has 0 bridgehead atoms. The van der Waals surface area contributed by atoms with Crippen LogP contribution in [0.5, 0.6) is 0 Å². The Labute approximate surface area is 119 Å². The summed E-state index contributed by atoms with van der Waals surface area (Å²) in [7, 11) is 0. The molecule has 3 heteroatoms. The summed E-state index contributed by atoms with van der Waals surface area (Å²) in [4.78, 5) is 4.81. The topological polar surface area (TPSA) is 43.8 Å². The molecule has 0 saturated heterocycles. The summed E-state index contributed by atoms with van der Waals surface area (Å²) in [6.07, 6.45) is 0.993. The monoisotopic (exact) mass is 265 g/mol. The molecule has 0 aliphatic rings. The van der Waals surface area contributed by atoms with Crippen LogP contribution in [0.4, 0.5) is 0 Å². The van der Waals surface area contributed by atoms with Crippen LogP contribution in [0.2, 0.25) is 0 Å². The van der Waals surface area contributed by atoms with Crippen molar-refractivity contribution in [2.75, 3.05) is 6.54 Å². The number of fused-ring (bicyclic) bond motifs is 1. The Bertz CT molecular complexity index is 697. The van der Waals surface area contributed by atoms with E-state index in [2.05, 4.69) is 54.0 Å². The second-order valence-corrected chi connectivity index (χ2v) is 4.97. The smallest absolute Gasteiger partial charge is 0.118 e. The quantitative estimate of drug-likeness (QED) is 0.785. The molecule has 102 valence electrons. The molecular formula is C17H19N3. The first-order valence-corrected chi connectivity index (χ1v) is 7.08. The SMILES string of the molecule is CCC(CN)c1nc2ccccc2n1-c1ccccc1. The van der Waals surface area contributed by atoms with Crippen LogP contribution in [0.25, 0.3) is 16.7 Å². The van der Waals surface area contributed by atoms with E-state index in [1.165, 1.54) is 0 Å². The van der Waals surface area contributed by atoms with Gasteiger partial charge in [0.15, 0.2) is 0 Å². The summed E-state index contributed by atoms with van der Waals surface area (Å²) in [5, 5.41) is 0. The van der Waals surface area contributed by atoms with Gasteiger partial charge >= 0.3 is 0 Å². The van der Waals surface area contributed by atoms with Gasteiger partial charge in [-0.25, -0.2) is 4.98 Å². The van der Waals surface area contributed by atoms with Gasteiger partial charge < -0.3 is 5.73 Å². The average Bonchev–Trinajstić information content (AvgIpc) is 2.88. The van der Waals surface area contributed by atoms with Gasteiger partial charge in [-0.2, -0.15) is 0 Å². The molecule has 0 spiro atoms. The lowest BCUT2D eigenvalue weighted by Gasteiger charge is -2.15. The Morgan fingerprint density at radius 3 is 2.45 bits per heavy atom. The number of nitrogens with two attached hydrogens (primary N) is 1. The molecule has 0 saturated carbocycles. The van der Waals surface area contributed by atoms with Crippen LogP contribution in [0.15, 0.2) is 54.6 Å². The molecule has 1 atom stereocenters. The van der Waals surface area contributed by atoms with E-state index >= 15 is 0 Å². The zero-order valence-electron chi connectivity index (χ0n) is 11.7. The third-order valence-electron chi connectivity index (χ3n) is 3.74. The maximum Gasteiger partial charge on any atom is 0.118 e. The van der Waals surface area contributed by atoms with Crippen LogP contribution >= 0.6 is 0 Å². The molecule has 2 N–H and O–H groups in total. The minimum absolute atomic E-state index is 0.280. The van der Waals surface area contributed by atoms with E-state index in [1.807, 2.05) is 12.1 Å². The fraction of sp³-hybridized carbons (Fsp3) is 0.235. The van der Waals surface area contributed by atoms with Crippen molar-refractivity contribution in [3.05, 3.63) is 60.4 Å². The summed E-state index contributed by atoms with van der Waals surface area (Å²) in [6, 6.07) is 18.6. The number of nitrogens with zero attached hydrogens (tertiary/aromatic N) is 2. The summed E-state index contributed by atoms with van der Waals surface area (Å²) >= 11 is 0. The average molecular weight is 265 g/mol. The van der Waals surface area contributed by atoms with Crippen LogP contribution in [-0.2, 0) is 0 Å². The van der Waals surface area contributed by atoms with Crippen molar-refractivity contribution in [3.8, 4) is 5.69 Å². The molecule has 0 fully saturated rings. The standard InChI is InChI=1S/C17H19N3/c1-2-13(12-18)17-19-15-10-6-7-11-16(15)20(17)14-8-4-3-5-9-14/h3-11,13H,2,12,18H2,1H3. The molecule has 3 nitrogen and oxygen atoms in total. The Hall–Kier alpha value is -2.13. The van der Waals surface area contributed by atoms with Gasteiger partial charge in [-0.3, -0.25) is 4.57 Å². The number of benzene rings is 2. The molecular weight excluding hydrogens is 246 g/mol. The van der Waals surface area contributed by atoms with E-state index in [0.717, 1.165) is 29.0 Å². The lowest BCUT2D eigenvalue weighted by atomic mass is 10.1. The molecule has 0 radical (unpaired) electrons. The van der Waals surface area contributed by atoms with Gasteiger partial charge in [0, 0.05) is 18.2 Å².